The van der Waals surface area contributed by atoms with Crippen molar-refractivity contribution in [2.45, 2.75) is 6.54 Å². The molecule has 0 atom stereocenters. The van der Waals surface area contributed by atoms with E-state index in [1.807, 2.05) is 12.1 Å². The number of H-pyrrole nitrogens is 1. The van der Waals surface area contributed by atoms with E-state index in [9.17, 15) is 0 Å². The predicted molar refractivity (Wildman–Crippen MR) is 99.4 cm³/mol. The number of aromatic nitrogens is 1. The molecule has 1 heterocycles. The molecule has 4 heteroatoms. The number of fused-ring (bicyclic) bond motifs is 1. The van der Waals surface area contributed by atoms with Crippen LogP contribution in [0.2, 0.25) is 5.02 Å². The van der Waals surface area contributed by atoms with Gasteiger partial charge < -0.3 is 14.8 Å². The molecule has 1 aromatic heterocycles. The number of nitrogens with zero attached hydrogens (tertiary/aromatic N) is 2. The van der Waals surface area contributed by atoms with Gasteiger partial charge in [0.15, 0.2) is 0 Å². The summed E-state index contributed by atoms with van der Waals surface area (Å²) in [6.07, 6.45) is 0. The minimum absolute atomic E-state index is 0.777. The molecule has 0 aliphatic heterocycles. The summed E-state index contributed by atoms with van der Waals surface area (Å²) in [6, 6.07) is 18.7. The lowest BCUT2D eigenvalue weighted by Crippen LogP contribution is -2.31. The fourth-order valence-corrected chi connectivity index (χ4v) is 2.77. The van der Waals surface area contributed by atoms with Crippen molar-refractivity contribution in [3.63, 3.8) is 0 Å². The largest absolute Gasteiger partial charge is 0.353 e. The number of likely N-dealkylation sites (N-methyl/N-ethyl adjacent to an activating group) is 1. The molecule has 0 unspecified atom stereocenters. The molecular weight excluding hydrogens is 306 g/mol. The normalized spacial score (nSPS) is 11.3. The van der Waals surface area contributed by atoms with E-state index in [2.05, 4.69) is 71.3 Å². The number of hydrogen-bond donors (Lipinski definition) is 1. The molecule has 0 spiro atoms. The Morgan fingerprint density at radius 1 is 0.957 bits per heavy atom. The third-order valence-corrected chi connectivity index (χ3v) is 4.21. The SMILES string of the molecule is CN(C)CCN(Cc1ccc(Cl)cc1)c1cc2ccccc2[nH]1. The van der Waals surface area contributed by atoms with Gasteiger partial charge in [-0.15, -0.1) is 0 Å². The number of hydrogen-bond acceptors (Lipinski definition) is 2. The molecule has 0 fully saturated rings. The lowest BCUT2D eigenvalue weighted by molar-refractivity contribution is 0.412. The molecule has 0 saturated heterocycles. The molecule has 0 aliphatic carbocycles. The van der Waals surface area contributed by atoms with Gasteiger partial charge in [-0.2, -0.15) is 0 Å². The monoisotopic (exact) mass is 327 g/mol. The third kappa shape index (κ3) is 4.06. The highest BCUT2D eigenvalue weighted by atomic mass is 35.5. The van der Waals surface area contributed by atoms with E-state index in [4.69, 9.17) is 11.6 Å². The van der Waals surface area contributed by atoms with Crippen molar-refractivity contribution >= 4 is 28.3 Å². The van der Waals surface area contributed by atoms with Crippen molar-refractivity contribution in [3.8, 4) is 0 Å². The minimum Gasteiger partial charge on any atom is -0.353 e. The third-order valence-electron chi connectivity index (χ3n) is 3.96. The Morgan fingerprint density at radius 2 is 1.70 bits per heavy atom. The lowest BCUT2D eigenvalue weighted by Gasteiger charge is -2.25. The summed E-state index contributed by atoms with van der Waals surface area (Å²) in [4.78, 5) is 8.12. The van der Waals surface area contributed by atoms with Crippen LogP contribution in [0.4, 0.5) is 5.82 Å². The van der Waals surface area contributed by atoms with Gasteiger partial charge in [0.2, 0.25) is 0 Å². The van der Waals surface area contributed by atoms with E-state index in [-0.39, 0.29) is 0 Å². The Bertz CT molecular complexity index is 729. The summed E-state index contributed by atoms with van der Waals surface area (Å²) in [5.41, 5.74) is 2.43. The van der Waals surface area contributed by atoms with Crippen molar-refractivity contribution in [3.05, 3.63) is 65.2 Å². The summed E-state index contributed by atoms with van der Waals surface area (Å²) in [5, 5.41) is 2.02. The molecule has 0 aliphatic rings. The molecule has 23 heavy (non-hydrogen) atoms. The zero-order chi connectivity index (χ0) is 16.2. The Labute approximate surface area is 142 Å². The zero-order valence-electron chi connectivity index (χ0n) is 13.6. The highest BCUT2D eigenvalue weighted by Gasteiger charge is 2.11. The summed E-state index contributed by atoms with van der Waals surface area (Å²) in [6.45, 7) is 2.82. The number of aromatic amines is 1. The molecule has 3 aromatic rings. The number of para-hydroxylation sites is 1. The fourth-order valence-electron chi connectivity index (χ4n) is 2.64. The summed E-state index contributed by atoms with van der Waals surface area (Å²) in [7, 11) is 4.21. The van der Waals surface area contributed by atoms with Crippen LogP contribution in [0.15, 0.2) is 54.6 Å². The average Bonchev–Trinajstić information content (AvgIpc) is 2.97. The van der Waals surface area contributed by atoms with Crippen molar-refractivity contribution in [1.29, 1.82) is 0 Å². The summed E-state index contributed by atoms with van der Waals surface area (Å²) >= 11 is 5.99. The van der Waals surface area contributed by atoms with Crippen LogP contribution in [-0.2, 0) is 6.54 Å². The second-order valence-electron chi connectivity index (χ2n) is 6.09. The first-order chi connectivity index (χ1) is 11.1. The zero-order valence-corrected chi connectivity index (χ0v) is 14.3. The predicted octanol–water partition coefficient (Wildman–Crippen LogP) is 4.39. The maximum absolute atomic E-state index is 5.99. The highest BCUT2D eigenvalue weighted by Crippen LogP contribution is 2.23. The van der Waals surface area contributed by atoms with Gasteiger partial charge in [0.25, 0.3) is 0 Å². The minimum atomic E-state index is 0.777. The Balaban J connectivity index is 1.86. The van der Waals surface area contributed by atoms with Gasteiger partial charge in [-0.3, -0.25) is 0 Å². The Kier molecular flexibility index (Phi) is 4.89. The van der Waals surface area contributed by atoms with Crippen LogP contribution >= 0.6 is 11.6 Å². The van der Waals surface area contributed by atoms with Gasteiger partial charge in [-0.25, -0.2) is 0 Å². The first kappa shape index (κ1) is 15.9. The van der Waals surface area contributed by atoms with Crippen LogP contribution in [-0.4, -0.2) is 37.1 Å². The van der Waals surface area contributed by atoms with Crippen molar-refractivity contribution in [1.82, 2.24) is 9.88 Å². The summed E-state index contributed by atoms with van der Waals surface area (Å²) < 4.78 is 0. The maximum atomic E-state index is 5.99. The van der Waals surface area contributed by atoms with Gasteiger partial charge in [-0.05, 0) is 43.9 Å². The number of benzene rings is 2. The van der Waals surface area contributed by atoms with Crippen LogP contribution in [0.3, 0.4) is 0 Å². The second-order valence-corrected chi connectivity index (χ2v) is 6.53. The number of anilines is 1. The lowest BCUT2D eigenvalue weighted by atomic mass is 10.2. The van der Waals surface area contributed by atoms with E-state index in [1.54, 1.807) is 0 Å². The quantitative estimate of drug-likeness (QED) is 0.725. The molecule has 0 saturated carbocycles. The molecule has 120 valence electrons. The standard InChI is InChI=1S/C19H22ClN3/c1-22(2)11-12-23(14-15-7-9-17(20)10-8-15)19-13-16-5-3-4-6-18(16)21-19/h3-10,13,21H,11-12,14H2,1-2H3. The first-order valence-corrected chi connectivity index (χ1v) is 8.21. The Morgan fingerprint density at radius 3 is 2.39 bits per heavy atom. The van der Waals surface area contributed by atoms with Crippen molar-refractivity contribution in [2.75, 3.05) is 32.1 Å². The van der Waals surface area contributed by atoms with Gasteiger partial charge in [0, 0.05) is 35.6 Å². The van der Waals surface area contributed by atoms with Crippen LogP contribution in [0, 0.1) is 0 Å². The smallest absolute Gasteiger partial charge is 0.107 e. The van der Waals surface area contributed by atoms with Crippen LogP contribution in [0.5, 0.6) is 0 Å². The van der Waals surface area contributed by atoms with Crippen molar-refractivity contribution in [2.24, 2.45) is 0 Å². The van der Waals surface area contributed by atoms with E-state index in [1.165, 1.54) is 16.5 Å². The van der Waals surface area contributed by atoms with Gasteiger partial charge >= 0.3 is 0 Å². The fraction of sp³-hybridized carbons (Fsp3) is 0.263. The molecule has 3 rings (SSSR count). The Hall–Kier alpha value is -1.97. The molecule has 2 aromatic carbocycles. The van der Waals surface area contributed by atoms with Gasteiger partial charge in [0.05, 0.1) is 0 Å². The molecule has 0 radical (unpaired) electrons. The second kappa shape index (κ2) is 7.07. The topological polar surface area (TPSA) is 22.3 Å². The number of halogens is 1. The van der Waals surface area contributed by atoms with E-state index >= 15 is 0 Å². The summed E-state index contributed by atoms with van der Waals surface area (Å²) in [5.74, 6) is 1.16. The van der Waals surface area contributed by atoms with Crippen LogP contribution < -0.4 is 4.90 Å². The molecule has 3 nitrogen and oxygen atoms in total. The van der Waals surface area contributed by atoms with E-state index < -0.39 is 0 Å². The molecular formula is C19H22ClN3. The first-order valence-electron chi connectivity index (χ1n) is 7.84. The average molecular weight is 328 g/mol. The maximum Gasteiger partial charge on any atom is 0.107 e. The molecule has 0 amide bonds. The highest BCUT2D eigenvalue weighted by molar-refractivity contribution is 6.30. The van der Waals surface area contributed by atoms with Crippen LogP contribution in [0.25, 0.3) is 10.9 Å². The number of rotatable bonds is 6. The van der Waals surface area contributed by atoms with E-state index in [0.717, 1.165) is 30.5 Å². The van der Waals surface area contributed by atoms with Crippen LogP contribution in [0.1, 0.15) is 5.56 Å². The van der Waals surface area contributed by atoms with Crippen molar-refractivity contribution < 1.29 is 0 Å². The van der Waals surface area contributed by atoms with E-state index in [0.29, 0.717) is 0 Å². The molecule has 0 bridgehead atoms. The van der Waals surface area contributed by atoms with Gasteiger partial charge in [0.1, 0.15) is 5.82 Å². The molecule has 1 N–H and O–H groups in total. The van der Waals surface area contributed by atoms with Gasteiger partial charge in [-0.1, -0.05) is 41.9 Å². The number of nitrogens with one attached hydrogen (secondary N) is 1.